The summed E-state index contributed by atoms with van der Waals surface area (Å²) in [6.45, 7) is 2.64. The van der Waals surface area contributed by atoms with Crippen molar-refractivity contribution < 1.29 is 14.6 Å². The number of aliphatic hydroxyl groups is 1. The molecule has 0 atom stereocenters. The summed E-state index contributed by atoms with van der Waals surface area (Å²) < 4.78 is 11.9. The molecule has 2 N–H and O–H groups in total. The fraction of sp³-hybridized carbons (Fsp3) is 0.625. The Kier molecular flexibility index (Phi) is 6.48. The second-order valence-electron chi connectivity index (χ2n) is 5.64. The molecule has 0 saturated heterocycles. The lowest BCUT2D eigenvalue weighted by Crippen LogP contribution is -2.32. The number of hydrogen-bond donors (Lipinski definition) is 2. The number of hydrogen-bond acceptors (Lipinski definition) is 4. The maximum atomic E-state index is 10.3. The molecule has 1 aromatic rings. The third kappa shape index (κ3) is 5.25. The number of ether oxygens (including phenoxy) is 2. The first-order valence-electron chi connectivity index (χ1n) is 7.46. The minimum atomic E-state index is -0.635. The van der Waals surface area contributed by atoms with Gasteiger partial charge in [-0.1, -0.05) is 28.8 Å². The minimum absolute atomic E-state index is 0.380. The molecule has 2 rings (SSSR count). The Labute approximate surface area is 135 Å². The lowest BCUT2D eigenvalue weighted by atomic mass is 10.0. The average Bonchev–Trinajstić information content (AvgIpc) is 2.91. The maximum Gasteiger partial charge on any atom is 0.119 e. The van der Waals surface area contributed by atoms with Crippen LogP contribution in [0.5, 0.6) is 5.75 Å². The Bertz CT molecular complexity index is 447. The average molecular weight is 358 g/mol. The van der Waals surface area contributed by atoms with E-state index in [1.54, 1.807) is 7.11 Å². The van der Waals surface area contributed by atoms with Crippen molar-refractivity contribution in [1.29, 1.82) is 0 Å². The number of rotatable bonds is 8. The van der Waals surface area contributed by atoms with Crippen LogP contribution in [-0.4, -0.2) is 37.6 Å². The Morgan fingerprint density at radius 2 is 2.10 bits per heavy atom. The summed E-state index contributed by atoms with van der Waals surface area (Å²) in [6.07, 6.45) is 3.87. The van der Waals surface area contributed by atoms with Gasteiger partial charge in [0, 0.05) is 24.7 Å². The summed E-state index contributed by atoms with van der Waals surface area (Å²) >= 11 is 3.55. The van der Waals surface area contributed by atoms with Gasteiger partial charge >= 0.3 is 0 Å². The Hall–Kier alpha value is -0.620. The minimum Gasteiger partial charge on any atom is -0.491 e. The van der Waals surface area contributed by atoms with Crippen LogP contribution >= 0.6 is 15.9 Å². The van der Waals surface area contributed by atoms with Gasteiger partial charge in [0.15, 0.2) is 0 Å². The second kappa shape index (κ2) is 8.13. The molecule has 0 spiro atoms. The normalized spacial score (nSPS) is 17.1. The van der Waals surface area contributed by atoms with Crippen molar-refractivity contribution in [3.63, 3.8) is 0 Å². The molecule has 0 heterocycles. The highest BCUT2D eigenvalue weighted by atomic mass is 79.9. The van der Waals surface area contributed by atoms with E-state index in [0.717, 1.165) is 54.6 Å². The van der Waals surface area contributed by atoms with Gasteiger partial charge in [0.25, 0.3) is 0 Å². The molecule has 0 aliphatic heterocycles. The fourth-order valence-electron chi connectivity index (χ4n) is 2.57. The van der Waals surface area contributed by atoms with Crippen LogP contribution in [0.4, 0.5) is 0 Å². The van der Waals surface area contributed by atoms with Crippen molar-refractivity contribution >= 4 is 15.9 Å². The molecule has 118 valence electrons. The van der Waals surface area contributed by atoms with E-state index < -0.39 is 5.60 Å². The van der Waals surface area contributed by atoms with Crippen LogP contribution in [0.3, 0.4) is 0 Å². The molecule has 0 bridgehead atoms. The van der Waals surface area contributed by atoms with Crippen LogP contribution in [-0.2, 0) is 11.3 Å². The lowest BCUT2D eigenvalue weighted by molar-refractivity contribution is 0.00138. The van der Waals surface area contributed by atoms with Crippen molar-refractivity contribution in [2.75, 3.05) is 26.9 Å². The SMILES string of the molecule is COCCNCc1cc(OCC2(O)CCCC2)ccc1Br. The zero-order valence-corrected chi connectivity index (χ0v) is 14.1. The Balaban J connectivity index is 1.88. The van der Waals surface area contributed by atoms with Crippen molar-refractivity contribution in [3.05, 3.63) is 28.2 Å². The first kappa shape index (κ1) is 16.7. The van der Waals surface area contributed by atoms with Crippen molar-refractivity contribution in [2.24, 2.45) is 0 Å². The van der Waals surface area contributed by atoms with E-state index in [2.05, 4.69) is 21.2 Å². The maximum absolute atomic E-state index is 10.3. The van der Waals surface area contributed by atoms with E-state index in [1.807, 2.05) is 18.2 Å². The molecular formula is C16H24BrNO3. The van der Waals surface area contributed by atoms with Gasteiger partial charge in [-0.3, -0.25) is 0 Å². The van der Waals surface area contributed by atoms with E-state index in [4.69, 9.17) is 9.47 Å². The molecule has 0 unspecified atom stereocenters. The monoisotopic (exact) mass is 357 g/mol. The molecule has 1 aromatic carbocycles. The molecule has 1 saturated carbocycles. The Morgan fingerprint density at radius 3 is 2.81 bits per heavy atom. The van der Waals surface area contributed by atoms with E-state index in [0.29, 0.717) is 13.2 Å². The third-order valence-corrected chi connectivity index (χ3v) is 4.63. The van der Waals surface area contributed by atoms with Crippen molar-refractivity contribution in [3.8, 4) is 5.75 Å². The van der Waals surface area contributed by atoms with E-state index in [1.165, 1.54) is 0 Å². The summed E-state index contributed by atoms with van der Waals surface area (Å²) in [4.78, 5) is 0. The van der Waals surface area contributed by atoms with Crippen LogP contribution in [0.25, 0.3) is 0 Å². The molecule has 1 fully saturated rings. The van der Waals surface area contributed by atoms with Gasteiger partial charge in [0.05, 0.1) is 12.2 Å². The molecule has 0 amide bonds. The summed E-state index contributed by atoms with van der Waals surface area (Å²) in [6, 6.07) is 5.94. The zero-order valence-electron chi connectivity index (χ0n) is 12.5. The molecule has 1 aliphatic carbocycles. The smallest absolute Gasteiger partial charge is 0.119 e. The van der Waals surface area contributed by atoms with Gasteiger partial charge in [-0.2, -0.15) is 0 Å². The van der Waals surface area contributed by atoms with Crippen LogP contribution in [0.2, 0.25) is 0 Å². The molecule has 0 radical (unpaired) electrons. The molecule has 4 nitrogen and oxygen atoms in total. The first-order chi connectivity index (χ1) is 10.1. The zero-order chi connectivity index (χ0) is 15.1. The summed E-state index contributed by atoms with van der Waals surface area (Å²) in [5, 5.41) is 13.6. The second-order valence-corrected chi connectivity index (χ2v) is 6.50. The van der Waals surface area contributed by atoms with Gasteiger partial charge in [0.1, 0.15) is 12.4 Å². The number of nitrogens with one attached hydrogen (secondary N) is 1. The van der Waals surface area contributed by atoms with Crippen molar-refractivity contribution in [2.45, 2.75) is 37.8 Å². The molecular weight excluding hydrogens is 334 g/mol. The Morgan fingerprint density at radius 1 is 1.33 bits per heavy atom. The summed E-state index contributed by atoms with van der Waals surface area (Å²) in [7, 11) is 1.69. The topological polar surface area (TPSA) is 50.7 Å². The van der Waals surface area contributed by atoms with E-state index >= 15 is 0 Å². The van der Waals surface area contributed by atoms with Crippen LogP contribution < -0.4 is 10.1 Å². The number of methoxy groups -OCH3 is 1. The van der Waals surface area contributed by atoms with Gasteiger partial charge < -0.3 is 19.9 Å². The van der Waals surface area contributed by atoms with Gasteiger partial charge in [0.2, 0.25) is 0 Å². The highest BCUT2D eigenvalue weighted by Crippen LogP contribution is 2.30. The first-order valence-corrected chi connectivity index (χ1v) is 8.25. The van der Waals surface area contributed by atoms with Gasteiger partial charge in [-0.05, 0) is 36.6 Å². The van der Waals surface area contributed by atoms with Crippen LogP contribution in [0.1, 0.15) is 31.2 Å². The fourth-order valence-corrected chi connectivity index (χ4v) is 2.96. The number of halogens is 1. The van der Waals surface area contributed by atoms with E-state index in [-0.39, 0.29) is 0 Å². The lowest BCUT2D eigenvalue weighted by Gasteiger charge is -2.22. The predicted octanol–water partition coefficient (Wildman–Crippen LogP) is 2.87. The van der Waals surface area contributed by atoms with Gasteiger partial charge in [-0.25, -0.2) is 0 Å². The van der Waals surface area contributed by atoms with E-state index in [9.17, 15) is 5.11 Å². The largest absolute Gasteiger partial charge is 0.491 e. The van der Waals surface area contributed by atoms with Gasteiger partial charge in [-0.15, -0.1) is 0 Å². The van der Waals surface area contributed by atoms with Crippen LogP contribution in [0.15, 0.2) is 22.7 Å². The van der Waals surface area contributed by atoms with Crippen molar-refractivity contribution in [1.82, 2.24) is 5.32 Å². The summed E-state index contributed by atoms with van der Waals surface area (Å²) in [5.41, 5.74) is 0.506. The number of benzene rings is 1. The standard InChI is InChI=1S/C16H24BrNO3/c1-20-9-8-18-11-13-10-14(4-5-15(13)17)21-12-16(19)6-2-3-7-16/h4-5,10,18-19H,2-3,6-9,11-12H2,1H3. The molecule has 5 heteroatoms. The predicted molar refractivity (Wildman–Crippen MR) is 86.6 cm³/mol. The third-order valence-electron chi connectivity index (χ3n) is 3.86. The molecule has 21 heavy (non-hydrogen) atoms. The van der Waals surface area contributed by atoms with Crippen LogP contribution in [0, 0.1) is 0 Å². The molecule has 0 aromatic heterocycles. The molecule has 1 aliphatic rings. The highest BCUT2D eigenvalue weighted by molar-refractivity contribution is 9.10. The summed E-state index contributed by atoms with van der Waals surface area (Å²) in [5.74, 6) is 0.807. The quantitative estimate of drug-likeness (QED) is 0.702. The highest BCUT2D eigenvalue weighted by Gasteiger charge is 2.31.